The number of nitrogens with zero attached hydrogens (tertiary/aromatic N) is 1. The first-order valence-corrected chi connectivity index (χ1v) is 10.7. The average Bonchev–Trinajstić information content (AvgIpc) is 3.10. The van der Waals surface area contributed by atoms with Gasteiger partial charge in [0.1, 0.15) is 0 Å². The van der Waals surface area contributed by atoms with Crippen molar-refractivity contribution in [1.29, 1.82) is 0 Å². The van der Waals surface area contributed by atoms with E-state index >= 15 is 0 Å². The van der Waals surface area contributed by atoms with Gasteiger partial charge in [-0.25, -0.2) is 8.42 Å². The molecule has 152 valence electrons. The Hall–Kier alpha value is -2.06. The lowest BCUT2D eigenvalue weighted by Crippen LogP contribution is -2.20. The van der Waals surface area contributed by atoms with E-state index in [1.54, 1.807) is 12.1 Å². The van der Waals surface area contributed by atoms with Gasteiger partial charge in [0.2, 0.25) is 0 Å². The molecule has 1 N–H and O–H groups in total. The van der Waals surface area contributed by atoms with Crippen LogP contribution in [0.4, 0.5) is 18.9 Å². The molecule has 3 rings (SSSR count). The molecule has 0 radical (unpaired) electrons. The molecule has 1 fully saturated rings. The maximum Gasteiger partial charge on any atom is 0.416 e. The van der Waals surface area contributed by atoms with Gasteiger partial charge in [-0.1, -0.05) is 25.1 Å². The van der Waals surface area contributed by atoms with Crippen LogP contribution in [0.25, 0.3) is 0 Å². The van der Waals surface area contributed by atoms with E-state index in [-0.39, 0.29) is 0 Å². The molecule has 1 unspecified atom stereocenters. The van der Waals surface area contributed by atoms with Crippen LogP contribution in [0.3, 0.4) is 0 Å². The standard InChI is InChI=1S/C20H23F3N2O2S/c1-2-11-25-12-10-16(14-25)15-6-8-18(9-7-15)24-28(26,27)19-5-3-4-17(13-19)20(21,22)23/h3-9,13,16,24H,2,10-12,14H2,1H3. The molecule has 0 spiro atoms. The molecule has 1 atom stereocenters. The smallest absolute Gasteiger partial charge is 0.303 e. The van der Waals surface area contributed by atoms with Crippen molar-refractivity contribution in [2.75, 3.05) is 24.4 Å². The molecule has 0 saturated carbocycles. The Bertz CT molecular complexity index is 912. The predicted molar refractivity (Wildman–Crippen MR) is 103 cm³/mol. The highest BCUT2D eigenvalue weighted by molar-refractivity contribution is 7.92. The van der Waals surface area contributed by atoms with Crippen molar-refractivity contribution in [3.63, 3.8) is 0 Å². The molecule has 0 bridgehead atoms. The molecular weight excluding hydrogens is 389 g/mol. The van der Waals surface area contributed by atoms with E-state index in [4.69, 9.17) is 0 Å². The third kappa shape index (κ3) is 4.86. The minimum atomic E-state index is -4.60. The summed E-state index contributed by atoms with van der Waals surface area (Å²) in [6.45, 7) is 5.27. The van der Waals surface area contributed by atoms with E-state index in [2.05, 4.69) is 16.5 Å². The van der Waals surface area contributed by atoms with Crippen LogP contribution in [0.2, 0.25) is 0 Å². The third-order valence-corrected chi connectivity index (χ3v) is 6.30. The second kappa shape index (κ2) is 8.13. The largest absolute Gasteiger partial charge is 0.416 e. The van der Waals surface area contributed by atoms with Crippen LogP contribution in [-0.2, 0) is 16.2 Å². The van der Waals surface area contributed by atoms with Crippen LogP contribution in [0.1, 0.15) is 36.8 Å². The lowest BCUT2D eigenvalue weighted by molar-refractivity contribution is -0.137. The lowest BCUT2D eigenvalue weighted by Gasteiger charge is -2.15. The molecule has 0 aromatic heterocycles. The molecule has 28 heavy (non-hydrogen) atoms. The van der Waals surface area contributed by atoms with E-state index in [1.807, 2.05) is 12.1 Å². The summed E-state index contributed by atoms with van der Waals surface area (Å²) >= 11 is 0. The highest BCUT2D eigenvalue weighted by atomic mass is 32.2. The van der Waals surface area contributed by atoms with Crippen molar-refractivity contribution in [3.05, 3.63) is 59.7 Å². The number of alkyl halides is 3. The van der Waals surface area contributed by atoms with Gasteiger partial charge >= 0.3 is 6.18 Å². The predicted octanol–water partition coefficient (Wildman–Crippen LogP) is 4.71. The van der Waals surface area contributed by atoms with E-state index in [0.29, 0.717) is 17.7 Å². The normalized spacial score (nSPS) is 18.4. The van der Waals surface area contributed by atoms with E-state index in [0.717, 1.165) is 56.2 Å². The molecule has 1 aliphatic rings. The summed E-state index contributed by atoms with van der Waals surface area (Å²) in [4.78, 5) is 1.99. The first-order chi connectivity index (χ1) is 13.2. The Morgan fingerprint density at radius 1 is 1.14 bits per heavy atom. The average molecular weight is 412 g/mol. The number of anilines is 1. The number of hydrogen-bond donors (Lipinski definition) is 1. The summed E-state index contributed by atoms with van der Waals surface area (Å²) in [7, 11) is -4.10. The minimum Gasteiger partial charge on any atom is -0.303 e. The van der Waals surface area contributed by atoms with Crippen molar-refractivity contribution in [3.8, 4) is 0 Å². The zero-order valence-corrected chi connectivity index (χ0v) is 16.4. The molecule has 1 saturated heterocycles. The second-order valence-corrected chi connectivity index (χ2v) is 8.72. The van der Waals surface area contributed by atoms with Gasteiger partial charge in [0.25, 0.3) is 10.0 Å². The molecule has 1 aliphatic heterocycles. The first-order valence-electron chi connectivity index (χ1n) is 9.21. The Morgan fingerprint density at radius 3 is 2.50 bits per heavy atom. The number of sulfonamides is 1. The number of benzene rings is 2. The summed E-state index contributed by atoms with van der Waals surface area (Å²) in [5.74, 6) is 0.417. The SMILES string of the molecule is CCCN1CCC(c2ccc(NS(=O)(=O)c3cccc(C(F)(F)F)c3)cc2)C1. The number of nitrogens with one attached hydrogen (secondary N) is 1. The molecule has 2 aromatic rings. The Balaban J connectivity index is 1.72. The highest BCUT2D eigenvalue weighted by Gasteiger charge is 2.31. The monoisotopic (exact) mass is 412 g/mol. The van der Waals surface area contributed by atoms with Gasteiger partial charge in [-0.15, -0.1) is 0 Å². The third-order valence-electron chi connectivity index (χ3n) is 4.92. The zero-order chi connectivity index (χ0) is 20.4. The first kappa shape index (κ1) is 20.7. The van der Waals surface area contributed by atoms with E-state index in [9.17, 15) is 21.6 Å². The molecule has 4 nitrogen and oxygen atoms in total. The lowest BCUT2D eigenvalue weighted by atomic mass is 9.98. The van der Waals surface area contributed by atoms with Crippen LogP contribution >= 0.6 is 0 Å². The minimum absolute atomic E-state index is 0.324. The Labute approximate surface area is 163 Å². The Kier molecular flexibility index (Phi) is 6.00. The number of hydrogen-bond acceptors (Lipinski definition) is 3. The summed E-state index contributed by atoms with van der Waals surface area (Å²) in [5, 5.41) is 0. The van der Waals surface area contributed by atoms with E-state index < -0.39 is 26.7 Å². The van der Waals surface area contributed by atoms with Crippen LogP contribution in [0.5, 0.6) is 0 Å². The number of likely N-dealkylation sites (tertiary alicyclic amines) is 1. The molecule has 2 aromatic carbocycles. The molecule has 8 heteroatoms. The van der Waals surface area contributed by atoms with Crippen LogP contribution in [0.15, 0.2) is 53.4 Å². The van der Waals surface area contributed by atoms with Crippen molar-refractivity contribution >= 4 is 15.7 Å². The van der Waals surface area contributed by atoms with E-state index in [1.165, 1.54) is 0 Å². The summed E-state index contributed by atoms with van der Waals surface area (Å²) < 4.78 is 65.8. The van der Waals surface area contributed by atoms with Crippen LogP contribution < -0.4 is 4.72 Å². The summed E-state index contributed by atoms with van der Waals surface area (Å²) in [6.07, 6.45) is -2.42. The molecule has 0 aliphatic carbocycles. The van der Waals surface area contributed by atoms with Crippen LogP contribution in [-0.4, -0.2) is 33.0 Å². The molecular formula is C20H23F3N2O2S. The number of halogens is 3. The fourth-order valence-electron chi connectivity index (χ4n) is 3.50. The van der Waals surface area contributed by atoms with Crippen molar-refractivity contribution in [1.82, 2.24) is 4.90 Å². The van der Waals surface area contributed by atoms with Crippen molar-refractivity contribution in [2.45, 2.75) is 36.8 Å². The van der Waals surface area contributed by atoms with Crippen molar-refractivity contribution in [2.24, 2.45) is 0 Å². The topological polar surface area (TPSA) is 49.4 Å². The maximum absolute atomic E-state index is 12.8. The van der Waals surface area contributed by atoms with Gasteiger partial charge < -0.3 is 4.90 Å². The van der Waals surface area contributed by atoms with Gasteiger partial charge in [0, 0.05) is 12.2 Å². The van der Waals surface area contributed by atoms with Gasteiger partial charge in [-0.3, -0.25) is 4.72 Å². The van der Waals surface area contributed by atoms with Crippen molar-refractivity contribution < 1.29 is 21.6 Å². The maximum atomic E-state index is 12.8. The van der Waals surface area contributed by atoms with Gasteiger partial charge in [0.15, 0.2) is 0 Å². The van der Waals surface area contributed by atoms with Crippen LogP contribution in [0, 0.1) is 0 Å². The highest BCUT2D eigenvalue weighted by Crippen LogP contribution is 2.31. The second-order valence-electron chi connectivity index (χ2n) is 7.04. The zero-order valence-electron chi connectivity index (χ0n) is 15.5. The fourth-order valence-corrected chi connectivity index (χ4v) is 4.61. The van der Waals surface area contributed by atoms with Gasteiger partial charge in [-0.2, -0.15) is 13.2 Å². The molecule has 1 heterocycles. The Morgan fingerprint density at radius 2 is 1.86 bits per heavy atom. The quantitative estimate of drug-likeness (QED) is 0.748. The van der Waals surface area contributed by atoms with Gasteiger partial charge in [-0.05, 0) is 67.7 Å². The summed E-state index contributed by atoms with van der Waals surface area (Å²) in [6, 6.07) is 10.8. The summed E-state index contributed by atoms with van der Waals surface area (Å²) in [5.41, 5.74) is 0.466. The number of rotatable bonds is 6. The fraction of sp³-hybridized carbons (Fsp3) is 0.400. The molecule has 0 amide bonds. The van der Waals surface area contributed by atoms with Gasteiger partial charge in [0.05, 0.1) is 10.5 Å².